The number of hydrogen-bond donors (Lipinski definition) is 1. The molecule has 0 radical (unpaired) electrons. The largest absolute Gasteiger partial charge is 0.350 e. The lowest BCUT2D eigenvalue weighted by atomic mass is 10.2. The molecule has 5 nitrogen and oxygen atoms in total. The normalized spacial score (nSPS) is 13.4. The fourth-order valence-corrected chi connectivity index (χ4v) is 3.49. The zero-order valence-electron chi connectivity index (χ0n) is 14.2. The third-order valence-corrected chi connectivity index (χ3v) is 5.72. The summed E-state index contributed by atoms with van der Waals surface area (Å²) in [6.45, 7) is 8.46. The number of amides is 1. The van der Waals surface area contributed by atoms with E-state index in [-0.39, 0.29) is 16.8 Å². The first-order valence-electron chi connectivity index (χ1n) is 7.93. The maximum absolute atomic E-state index is 12.4. The van der Waals surface area contributed by atoms with Crippen LogP contribution in [-0.2, 0) is 14.8 Å². The van der Waals surface area contributed by atoms with Gasteiger partial charge in [0.1, 0.15) is 0 Å². The van der Waals surface area contributed by atoms with Gasteiger partial charge in [-0.05, 0) is 37.1 Å². The first kappa shape index (κ1) is 19.4. The Morgan fingerprint density at radius 1 is 1.17 bits per heavy atom. The van der Waals surface area contributed by atoms with E-state index >= 15 is 0 Å². The smallest absolute Gasteiger partial charge is 0.244 e. The molecule has 1 aromatic rings. The van der Waals surface area contributed by atoms with Gasteiger partial charge in [-0.15, -0.1) is 0 Å². The SMILES string of the molecule is CCC(C)NC(=O)/C=C/c1ccc(S(=O)(=O)N(CC)CC)cc1. The number of benzene rings is 1. The van der Waals surface area contributed by atoms with Crippen molar-refractivity contribution in [2.75, 3.05) is 13.1 Å². The summed E-state index contributed by atoms with van der Waals surface area (Å²) in [5, 5.41) is 2.84. The van der Waals surface area contributed by atoms with Crippen LogP contribution in [0.4, 0.5) is 0 Å². The first-order valence-corrected chi connectivity index (χ1v) is 9.37. The average Bonchev–Trinajstić information content (AvgIpc) is 2.54. The summed E-state index contributed by atoms with van der Waals surface area (Å²) in [7, 11) is -3.44. The minimum absolute atomic E-state index is 0.133. The molecule has 23 heavy (non-hydrogen) atoms. The van der Waals surface area contributed by atoms with E-state index in [1.807, 2.05) is 27.7 Å². The number of rotatable bonds is 8. The maximum Gasteiger partial charge on any atom is 0.244 e. The van der Waals surface area contributed by atoms with Crippen molar-refractivity contribution in [3.63, 3.8) is 0 Å². The topological polar surface area (TPSA) is 66.5 Å². The van der Waals surface area contributed by atoms with E-state index in [2.05, 4.69) is 5.32 Å². The van der Waals surface area contributed by atoms with Crippen LogP contribution in [0.1, 0.15) is 39.7 Å². The van der Waals surface area contributed by atoms with Crippen LogP contribution in [0.2, 0.25) is 0 Å². The summed E-state index contributed by atoms with van der Waals surface area (Å²) < 4.78 is 26.2. The van der Waals surface area contributed by atoms with Crippen molar-refractivity contribution in [1.29, 1.82) is 0 Å². The Morgan fingerprint density at radius 3 is 2.22 bits per heavy atom. The quantitative estimate of drug-likeness (QED) is 0.741. The van der Waals surface area contributed by atoms with Crippen LogP contribution in [-0.4, -0.2) is 37.8 Å². The molecule has 0 aliphatic carbocycles. The van der Waals surface area contributed by atoms with E-state index in [1.165, 1.54) is 10.4 Å². The van der Waals surface area contributed by atoms with Crippen LogP contribution < -0.4 is 5.32 Å². The Balaban J connectivity index is 2.83. The molecule has 6 heteroatoms. The number of carbonyl (C=O) groups is 1. The van der Waals surface area contributed by atoms with Crippen molar-refractivity contribution in [3.8, 4) is 0 Å². The van der Waals surface area contributed by atoms with Gasteiger partial charge < -0.3 is 5.32 Å². The molecule has 0 aromatic heterocycles. The summed E-state index contributed by atoms with van der Waals surface area (Å²) in [5.41, 5.74) is 0.780. The first-order chi connectivity index (χ1) is 10.8. The summed E-state index contributed by atoms with van der Waals surface area (Å²) in [5.74, 6) is -0.154. The third-order valence-electron chi connectivity index (χ3n) is 3.65. The molecular formula is C17H26N2O3S. The molecule has 0 saturated carbocycles. The van der Waals surface area contributed by atoms with Gasteiger partial charge in [0.2, 0.25) is 15.9 Å². The van der Waals surface area contributed by atoms with E-state index in [4.69, 9.17) is 0 Å². The predicted octanol–water partition coefficient (Wildman–Crippen LogP) is 2.65. The molecule has 0 aliphatic rings. The van der Waals surface area contributed by atoms with Crippen molar-refractivity contribution in [3.05, 3.63) is 35.9 Å². The molecule has 1 atom stereocenters. The molecular weight excluding hydrogens is 312 g/mol. The lowest BCUT2D eigenvalue weighted by molar-refractivity contribution is -0.117. The van der Waals surface area contributed by atoms with Gasteiger partial charge in [-0.25, -0.2) is 8.42 Å². The standard InChI is InChI=1S/C17H26N2O3S/c1-5-14(4)18-17(20)13-10-15-8-11-16(12-9-15)23(21,22)19(6-2)7-3/h8-14H,5-7H2,1-4H3,(H,18,20)/b13-10+. The van der Waals surface area contributed by atoms with E-state index in [9.17, 15) is 13.2 Å². The van der Waals surface area contributed by atoms with Crippen LogP contribution >= 0.6 is 0 Å². The van der Waals surface area contributed by atoms with Gasteiger partial charge in [-0.2, -0.15) is 4.31 Å². The number of nitrogens with zero attached hydrogens (tertiary/aromatic N) is 1. The summed E-state index contributed by atoms with van der Waals surface area (Å²) in [4.78, 5) is 11.9. The lowest BCUT2D eigenvalue weighted by Crippen LogP contribution is -2.30. The molecule has 1 unspecified atom stereocenters. The second-order valence-electron chi connectivity index (χ2n) is 5.31. The average molecular weight is 338 g/mol. The van der Waals surface area contributed by atoms with E-state index in [0.717, 1.165) is 12.0 Å². The molecule has 0 bridgehead atoms. The van der Waals surface area contributed by atoms with Gasteiger partial charge in [0, 0.05) is 25.2 Å². The van der Waals surface area contributed by atoms with Crippen LogP contribution in [0.15, 0.2) is 35.2 Å². The zero-order chi connectivity index (χ0) is 17.5. The van der Waals surface area contributed by atoms with E-state index < -0.39 is 10.0 Å². The van der Waals surface area contributed by atoms with Gasteiger partial charge in [0.05, 0.1) is 4.90 Å². The highest BCUT2D eigenvalue weighted by atomic mass is 32.2. The highest BCUT2D eigenvalue weighted by Gasteiger charge is 2.20. The summed E-state index contributed by atoms with van der Waals surface area (Å²) in [6.07, 6.45) is 4.00. The zero-order valence-corrected chi connectivity index (χ0v) is 15.1. The van der Waals surface area contributed by atoms with Crippen molar-refractivity contribution < 1.29 is 13.2 Å². The molecule has 1 N–H and O–H groups in total. The lowest BCUT2D eigenvalue weighted by Gasteiger charge is -2.18. The number of carbonyl (C=O) groups excluding carboxylic acids is 1. The fraction of sp³-hybridized carbons (Fsp3) is 0.471. The molecule has 0 fully saturated rings. The number of sulfonamides is 1. The molecule has 1 amide bonds. The van der Waals surface area contributed by atoms with Gasteiger partial charge >= 0.3 is 0 Å². The molecule has 1 rings (SSSR count). The molecule has 0 spiro atoms. The van der Waals surface area contributed by atoms with E-state index in [1.54, 1.807) is 30.3 Å². The third kappa shape index (κ3) is 5.48. The Morgan fingerprint density at radius 2 is 1.74 bits per heavy atom. The van der Waals surface area contributed by atoms with Crippen molar-refractivity contribution in [1.82, 2.24) is 9.62 Å². The molecule has 128 valence electrons. The highest BCUT2D eigenvalue weighted by Crippen LogP contribution is 2.16. The Kier molecular flexibility index (Phi) is 7.45. The van der Waals surface area contributed by atoms with Crippen molar-refractivity contribution >= 4 is 22.0 Å². The summed E-state index contributed by atoms with van der Waals surface area (Å²) >= 11 is 0. The number of nitrogens with one attached hydrogen (secondary N) is 1. The second kappa shape index (κ2) is 8.84. The van der Waals surface area contributed by atoms with Gasteiger partial charge in [0.15, 0.2) is 0 Å². The van der Waals surface area contributed by atoms with Gasteiger partial charge in [0.25, 0.3) is 0 Å². The summed E-state index contributed by atoms with van der Waals surface area (Å²) in [6, 6.07) is 6.67. The maximum atomic E-state index is 12.4. The van der Waals surface area contributed by atoms with Crippen LogP contribution in [0.3, 0.4) is 0 Å². The van der Waals surface area contributed by atoms with Crippen LogP contribution in [0.25, 0.3) is 6.08 Å². The van der Waals surface area contributed by atoms with Gasteiger partial charge in [-0.1, -0.05) is 32.9 Å². The predicted molar refractivity (Wildman–Crippen MR) is 93.5 cm³/mol. The fourth-order valence-electron chi connectivity index (χ4n) is 2.03. The molecule has 1 aromatic carbocycles. The molecule has 0 saturated heterocycles. The monoisotopic (exact) mass is 338 g/mol. The molecule has 0 heterocycles. The Bertz CT molecular complexity index is 632. The van der Waals surface area contributed by atoms with Crippen LogP contribution in [0.5, 0.6) is 0 Å². The van der Waals surface area contributed by atoms with Gasteiger partial charge in [-0.3, -0.25) is 4.79 Å². The van der Waals surface area contributed by atoms with Crippen LogP contribution in [0, 0.1) is 0 Å². The van der Waals surface area contributed by atoms with Crippen molar-refractivity contribution in [2.24, 2.45) is 0 Å². The minimum Gasteiger partial charge on any atom is -0.350 e. The Labute approximate surface area is 139 Å². The van der Waals surface area contributed by atoms with E-state index in [0.29, 0.717) is 13.1 Å². The Hall–Kier alpha value is -1.66. The second-order valence-corrected chi connectivity index (χ2v) is 7.25. The van der Waals surface area contributed by atoms with Crippen molar-refractivity contribution in [2.45, 2.75) is 45.1 Å². The highest BCUT2D eigenvalue weighted by molar-refractivity contribution is 7.89. The molecule has 0 aliphatic heterocycles. The number of hydrogen-bond acceptors (Lipinski definition) is 3. The minimum atomic E-state index is -3.44.